The van der Waals surface area contributed by atoms with Crippen molar-refractivity contribution in [3.8, 4) is 0 Å². The van der Waals surface area contributed by atoms with Gasteiger partial charge < -0.3 is 25.4 Å². The van der Waals surface area contributed by atoms with Crippen LogP contribution in [0.25, 0.3) is 0 Å². The highest BCUT2D eigenvalue weighted by atomic mass is 32.2. The third-order valence-corrected chi connectivity index (χ3v) is 5.19. The summed E-state index contributed by atoms with van der Waals surface area (Å²) in [6.45, 7) is 2.27. The maximum atomic E-state index is 12.1. The molecule has 2 amide bonds. The molecule has 0 bridgehead atoms. The van der Waals surface area contributed by atoms with Gasteiger partial charge in [0.2, 0.25) is 11.8 Å². The van der Waals surface area contributed by atoms with Crippen molar-refractivity contribution in [3.63, 3.8) is 0 Å². The fraction of sp³-hybridized carbons (Fsp3) is 0.583. The Bertz CT molecular complexity index is 607. The van der Waals surface area contributed by atoms with Gasteiger partial charge in [0.25, 0.3) is 0 Å². The maximum Gasteiger partial charge on any atom is 0.512 e. The second kappa shape index (κ2) is 5.58. The van der Waals surface area contributed by atoms with Crippen LogP contribution in [0.5, 0.6) is 0 Å². The van der Waals surface area contributed by atoms with Gasteiger partial charge in [0.1, 0.15) is 5.37 Å². The molecule has 2 fully saturated rings. The van der Waals surface area contributed by atoms with Gasteiger partial charge in [-0.3, -0.25) is 14.6 Å². The van der Waals surface area contributed by atoms with E-state index < -0.39 is 29.6 Å². The monoisotopic (exact) mass is 345 g/mol. The van der Waals surface area contributed by atoms with Crippen LogP contribution in [0.2, 0.25) is 0 Å². The van der Waals surface area contributed by atoms with E-state index >= 15 is 0 Å². The van der Waals surface area contributed by atoms with Crippen LogP contribution in [-0.4, -0.2) is 74.0 Å². The number of ether oxygens (including phenoxy) is 1. The fourth-order valence-corrected chi connectivity index (χ4v) is 4.28. The number of β-lactam (4-membered cyclic amide) rings is 1. The van der Waals surface area contributed by atoms with Gasteiger partial charge in [-0.1, -0.05) is 11.8 Å². The molecule has 0 aromatic carbocycles. The number of hydrogen-bond acceptors (Lipinski definition) is 7. The smallest absolute Gasteiger partial charge is 0.465 e. The summed E-state index contributed by atoms with van der Waals surface area (Å²) >= 11 is 1.26. The highest BCUT2D eigenvalue weighted by Gasteiger charge is 2.58. The van der Waals surface area contributed by atoms with E-state index in [4.69, 9.17) is 14.9 Å². The topological polar surface area (TPSA) is 139 Å². The van der Waals surface area contributed by atoms with Crippen molar-refractivity contribution in [2.75, 3.05) is 13.1 Å². The number of carbonyl (C=O) groups is 3. The minimum atomic E-state index is -1.53. The summed E-state index contributed by atoms with van der Waals surface area (Å²) < 4.78 is 4.74. The summed E-state index contributed by atoms with van der Waals surface area (Å²) in [6, 6.07) is 0. The van der Waals surface area contributed by atoms with Crippen LogP contribution in [0.4, 0.5) is 9.59 Å². The number of nitrogens with one attached hydrogen (secondary N) is 1. The van der Waals surface area contributed by atoms with Crippen molar-refractivity contribution in [2.45, 2.75) is 24.6 Å². The number of fused-ring (bicyclic) bond motifs is 1. The van der Waals surface area contributed by atoms with Crippen LogP contribution in [0.3, 0.4) is 0 Å². The number of nitrogens with zero attached hydrogens (tertiary/aromatic N) is 2. The van der Waals surface area contributed by atoms with Crippen LogP contribution in [0.1, 0.15) is 6.92 Å². The predicted octanol–water partition coefficient (Wildman–Crippen LogP) is -0.329. The third kappa shape index (κ3) is 2.82. The number of rotatable bonds is 5. The summed E-state index contributed by atoms with van der Waals surface area (Å²) in [6.07, 6.45) is -3.84. The first-order valence-electron chi connectivity index (χ1n) is 6.85. The molecular formula is C12H15N3O7S. The molecule has 126 valence electrons. The molecule has 0 radical (unpaired) electrons. The number of thioether (sulfide) groups is 1. The lowest BCUT2D eigenvalue weighted by Gasteiger charge is -2.43. The summed E-state index contributed by atoms with van der Waals surface area (Å²) in [5.74, 6) is -1.03. The van der Waals surface area contributed by atoms with Crippen LogP contribution in [0.15, 0.2) is 10.8 Å². The average Bonchev–Trinajstić information content (AvgIpc) is 3.04. The molecule has 0 aromatic rings. The fourth-order valence-electron chi connectivity index (χ4n) is 2.71. The number of carboxylic acid groups (broad SMARTS) is 2. The van der Waals surface area contributed by atoms with Crippen LogP contribution >= 0.6 is 11.8 Å². The van der Waals surface area contributed by atoms with Crippen molar-refractivity contribution >= 4 is 29.9 Å². The molecule has 23 heavy (non-hydrogen) atoms. The summed E-state index contributed by atoms with van der Waals surface area (Å²) in [7, 11) is 0. The molecular weight excluding hydrogens is 330 g/mol. The molecule has 10 nitrogen and oxygen atoms in total. The number of amides is 2. The van der Waals surface area contributed by atoms with Crippen LogP contribution < -0.4 is 5.32 Å². The van der Waals surface area contributed by atoms with Gasteiger partial charge in [-0.2, -0.15) is 0 Å². The lowest BCUT2D eigenvalue weighted by Crippen LogP contribution is -2.60. The first-order valence-corrected chi connectivity index (χ1v) is 7.72. The van der Waals surface area contributed by atoms with Crippen LogP contribution in [0, 0.1) is 5.92 Å². The third-order valence-electron chi connectivity index (χ3n) is 3.86. The molecule has 3 rings (SSSR count). The van der Waals surface area contributed by atoms with E-state index in [0.717, 1.165) is 0 Å². The van der Waals surface area contributed by atoms with Crippen molar-refractivity contribution in [2.24, 2.45) is 5.92 Å². The summed E-state index contributed by atoms with van der Waals surface area (Å²) in [5, 5.41) is 29.1. The molecule has 2 saturated heterocycles. The first kappa shape index (κ1) is 15.9. The van der Waals surface area contributed by atoms with E-state index in [1.807, 2.05) is 0 Å². The molecule has 0 saturated carbocycles. The Morgan fingerprint density at radius 1 is 1.48 bits per heavy atom. The summed E-state index contributed by atoms with van der Waals surface area (Å²) in [4.78, 5) is 37.0. The zero-order valence-electron chi connectivity index (χ0n) is 12.0. The number of aliphatic hydroxyl groups is 1. The van der Waals surface area contributed by atoms with E-state index in [9.17, 15) is 19.5 Å². The van der Waals surface area contributed by atoms with E-state index in [2.05, 4.69) is 5.32 Å². The van der Waals surface area contributed by atoms with Gasteiger partial charge >= 0.3 is 12.2 Å². The Kier molecular flexibility index (Phi) is 3.86. The highest BCUT2D eigenvalue weighted by molar-refractivity contribution is 8.04. The van der Waals surface area contributed by atoms with Crippen molar-refractivity contribution in [1.29, 1.82) is 0 Å². The van der Waals surface area contributed by atoms with Gasteiger partial charge in [-0.25, -0.2) is 9.59 Å². The average molecular weight is 345 g/mol. The van der Waals surface area contributed by atoms with Crippen molar-refractivity contribution in [1.82, 2.24) is 15.1 Å². The molecule has 4 N–H and O–H groups in total. The largest absolute Gasteiger partial charge is 0.512 e. The molecule has 11 heteroatoms. The molecule has 0 aliphatic carbocycles. The highest BCUT2D eigenvalue weighted by Crippen LogP contribution is 2.51. The quantitative estimate of drug-likeness (QED) is 0.299. The van der Waals surface area contributed by atoms with E-state index in [-0.39, 0.29) is 24.5 Å². The van der Waals surface area contributed by atoms with E-state index in [1.54, 1.807) is 4.90 Å². The zero-order chi connectivity index (χ0) is 16.9. The minimum absolute atomic E-state index is 0.0459. The lowest BCUT2D eigenvalue weighted by molar-refractivity contribution is -0.155. The Morgan fingerprint density at radius 3 is 2.74 bits per heavy atom. The minimum Gasteiger partial charge on any atom is -0.465 e. The Hall–Kier alpha value is -1.98. The van der Waals surface area contributed by atoms with E-state index in [1.165, 1.54) is 23.6 Å². The van der Waals surface area contributed by atoms with Crippen molar-refractivity contribution in [3.05, 3.63) is 10.8 Å². The molecule has 5 atom stereocenters. The predicted molar refractivity (Wildman–Crippen MR) is 76.1 cm³/mol. The second-order valence-corrected chi connectivity index (χ2v) is 6.69. The van der Waals surface area contributed by atoms with Gasteiger partial charge in [-0.15, -0.1) is 0 Å². The SMILES string of the molecule is C[C@@H](O)[C@H]1C(=O)N2C(OC(=O)O)=C(CN3CC3NC(=O)O)S[C@H]12. The molecule has 3 aliphatic heterocycles. The summed E-state index contributed by atoms with van der Waals surface area (Å²) in [5.41, 5.74) is 0. The molecule has 3 heterocycles. The number of aliphatic hydroxyl groups excluding tert-OH is 1. The normalized spacial score (nSPS) is 33.0. The van der Waals surface area contributed by atoms with Gasteiger partial charge in [-0.05, 0) is 6.92 Å². The van der Waals surface area contributed by atoms with Gasteiger partial charge in [0, 0.05) is 13.1 Å². The molecule has 3 aliphatic rings. The number of carbonyl (C=O) groups excluding carboxylic acids is 1. The van der Waals surface area contributed by atoms with Gasteiger partial charge in [0.05, 0.1) is 23.1 Å². The maximum absolute atomic E-state index is 12.1. The Balaban J connectivity index is 1.72. The van der Waals surface area contributed by atoms with Crippen molar-refractivity contribution < 1.29 is 34.4 Å². The number of hydrogen-bond donors (Lipinski definition) is 4. The molecule has 2 unspecified atom stereocenters. The Labute approximate surface area is 134 Å². The Morgan fingerprint density at radius 2 is 2.17 bits per heavy atom. The lowest BCUT2D eigenvalue weighted by atomic mass is 9.93. The van der Waals surface area contributed by atoms with E-state index in [0.29, 0.717) is 11.4 Å². The zero-order valence-corrected chi connectivity index (χ0v) is 12.8. The van der Waals surface area contributed by atoms with Crippen LogP contribution in [-0.2, 0) is 9.53 Å². The molecule has 0 aromatic heterocycles. The second-order valence-electron chi connectivity index (χ2n) is 5.47. The standard InChI is InChI=1S/C12H15N3O7S/c1-4(16)7-8(17)15-9(22-12(20)21)5(23-10(7)15)2-14-3-6(14)13-11(18)19/h4,6-7,10,13,16H,2-3H2,1H3,(H,18,19)(H,20,21)/t4-,6?,7+,10-,14?/m1/s1. The first-order chi connectivity index (χ1) is 10.8. The molecule has 0 spiro atoms. The van der Waals surface area contributed by atoms with Gasteiger partial charge in [0.15, 0.2) is 0 Å².